The van der Waals surface area contributed by atoms with Gasteiger partial charge in [-0.05, 0) is 75.3 Å². The predicted octanol–water partition coefficient (Wildman–Crippen LogP) is 4.03. The Morgan fingerprint density at radius 1 is 1.00 bits per heavy atom. The van der Waals surface area contributed by atoms with Crippen LogP contribution in [0.25, 0.3) is 0 Å². The molecule has 0 saturated heterocycles. The van der Waals surface area contributed by atoms with Crippen molar-refractivity contribution >= 4 is 11.8 Å². The Balaban J connectivity index is 1.50. The zero-order valence-electron chi connectivity index (χ0n) is 16.3. The number of carbonyl (C=O) groups is 2. The fourth-order valence-corrected chi connectivity index (χ4v) is 6.17. The van der Waals surface area contributed by atoms with Crippen molar-refractivity contribution in [3.63, 3.8) is 0 Å². The van der Waals surface area contributed by atoms with Gasteiger partial charge in [0.2, 0.25) is 0 Å². The fraction of sp³-hybridized carbons (Fsp3) is 0.636. The molecule has 4 bridgehead atoms. The molecule has 0 heterocycles. The molecule has 1 unspecified atom stereocenters. The second kappa shape index (κ2) is 6.84. The molecule has 146 valence electrons. The highest BCUT2D eigenvalue weighted by molar-refractivity contribution is 5.97. The third kappa shape index (κ3) is 3.11. The fourth-order valence-electron chi connectivity index (χ4n) is 6.17. The van der Waals surface area contributed by atoms with Gasteiger partial charge in [0, 0.05) is 5.41 Å². The first-order valence-corrected chi connectivity index (χ1v) is 9.92. The molecule has 0 N–H and O–H groups in total. The van der Waals surface area contributed by atoms with Gasteiger partial charge in [-0.3, -0.25) is 4.79 Å². The maximum absolute atomic E-state index is 13.3. The highest BCUT2D eigenvalue weighted by Crippen LogP contribution is 2.60. The van der Waals surface area contributed by atoms with Gasteiger partial charge in [-0.1, -0.05) is 6.07 Å². The molecular formula is C22H28O5. The summed E-state index contributed by atoms with van der Waals surface area (Å²) in [7, 11) is 3.00. The lowest BCUT2D eigenvalue weighted by molar-refractivity contribution is -0.152. The molecule has 5 rings (SSSR count). The normalized spacial score (nSPS) is 32.0. The van der Waals surface area contributed by atoms with E-state index in [0.717, 1.165) is 19.3 Å². The zero-order chi connectivity index (χ0) is 19.2. The Hall–Kier alpha value is -2.04. The lowest BCUT2D eigenvalue weighted by Crippen LogP contribution is -2.52. The van der Waals surface area contributed by atoms with E-state index in [0.29, 0.717) is 29.3 Å². The summed E-state index contributed by atoms with van der Waals surface area (Å²) in [4.78, 5) is 26.0. The van der Waals surface area contributed by atoms with Gasteiger partial charge >= 0.3 is 5.97 Å². The average molecular weight is 372 g/mol. The highest BCUT2D eigenvalue weighted by atomic mass is 16.6. The van der Waals surface area contributed by atoms with Gasteiger partial charge in [-0.25, -0.2) is 4.79 Å². The molecular weight excluding hydrogens is 344 g/mol. The van der Waals surface area contributed by atoms with Crippen molar-refractivity contribution < 1.29 is 23.8 Å². The molecule has 4 aliphatic carbocycles. The number of rotatable bonds is 6. The lowest BCUT2D eigenvalue weighted by Gasteiger charge is -2.56. The number of esters is 1. The Bertz CT molecular complexity index is 718. The number of carbonyl (C=O) groups excluding carboxylic acids is 2. The highest BCUT2D eigenvalue weighted by Gasteiger charge is 2.55. The van der Waals surface area contributed by atoms with Crippen LogP contribution in [-0.2, 0) is 9.53 Å². The van der Waals surface area contributed by atoms with Crippen LogP contribution >= 0.6 is 0 Å². The van der Waals surface area contributed by atoms with E-state index in [1.807, 2.05) is 0 Å². The smallest absolute Gasteiger partial charge is 0.342 e. The van der Waals surface area contributed by atoms with Crippen LogP contribution in [0, 0.1) is 23.2 Å². The van der Waals surface area contributed by atoms with Gasteiger partial charge in [-0.15, -0.1) is 0 Å². The van der Waals surface area contributed by atoms with E-state index in [9.17, 15) is 9.59 Å². The number of ketones is 1. The summed E-state index contributed by atoms with van der Waals surface area (Å²) in [5.74, 6) is 2.41. The van der Waals surface area contributed by atoms with Crippen molar-refractivity contribution in [2.45, 2.75) is 51.6 Å². The van der Waals surface area contributed by atoms with Crippen molar-refractivity contribution in [3.05, 3.63) is 23.8 Å². The summed E-state index contributed by atoms with van der Waals surface area (Å²) in [6, 6.07) is 5.06. The van der Waals surface area contributed by atoms with Crippen molar-refractivity contribution in [3.8, 4) is 11.5 Å². The summed E-state index contributed by atoms with van der Waals surface area (Å²) in [5, 5.41) is 0. The third-order valence-corrected chi connectivity index (χ3v) is 6.84. The van der Waals surface area contributed by atoms with Crippen LogP contribution in [0.5, 0.6) is 11.5 Å². The van der Waals surface area contributed by atoms with Crippen molar-refractivity contribution in [1.82, 2.24) is 0 Å². The van der Waals surface area contributed by atoms with Gasteiger partial charge < -0.3 is 14.2 Å². The largest absolute Gasteiger partial charge is 0.493 e. The quantitative estimate of drug-likeness (QED) is 0.706. The standard InChI is InChI=1S/C22H28O5/c1-13(27-21(24)17-5-4-6-18(25-2)19(17)26-3)20(23)22-10-14-7-15(11-22)9-16(8-14)12-22/h4-6,13-16H,7-12H2,1-3H3. The molecule has 1 atom stereocenters. The molecule has 0 spiro atoms. The number of ether oxygens (including phenoxy) is 3. The first-order valence-electron chi connectivity index (χ1n) is 9.92. The molecule has 0 aromatic heterocycles. The maximum atomic E-state index is 13.3. The average Bonchev–Trinajstić information content (AvgIpc) is 2.65. The Kier molecular flexibility index (Phi) is 4.65. The van der Waals surface area contributed by atoms with E-state index in [2.05, 4.69) is 0 Å². The van der Waals surface area contributed by atoms with Gasteiger partial charge in [0.25, 0.3) is 0 Å². The maximum Gasteiger partial charge on any atom is 0.342 e. The predicted molar refractivity (Wildman–Crippen MR) is 100 cm³/mol. The minimum atomic E-state index is -0.746. The molecule has 27 heavy (non-hydrogen) atoms. The molecule has 0 aliphatic heterocycles. The van der Waals surface area contributed by atoms with E-state index in [-0.39, 0.29) is 16.8 Å². The first-order chi connectivity index (χ1) is 13.0. The Labute approximate surface area is 160 Å². The minimum absolute atomic E-state index is 0.108. The van der Waals surface area contributed by atoms with Crippen LogP contribution in [-0.4, -0.2) is 32.1 Å². The number of hydrogen-bond acceptors (Lipinski definition) is 5. The summed E-state index contributed by atoms with van der Waals surface area (Å²) >= 11 is 0. The van der Waals surface area contributed by atoms with E-state index in [4.69, 9.17) is 14.2 Å². The van der Waals surface area contributed by atoms with Gasteiger partial charge in [0.1, 0.15) is 5.56 Å². The Morgan fingerprint density at radius 3 is 2.11 bits per heavy atom. The number of hydrogen-bond donors (Lipinski definition) is 0. The minimum Gasteiger partial charge on any atom is -0.493 e. The SMILES string of the molecule is COc1cccc(C(=O)OC(C)C(=O)C23CC4CC(CC(C4)C2)C3)c1OC. The van der Waals surface area contributed by atoms with Crippen molar-refractivity contribution in [2.75, 3.05) is 14.2 Å². The zero-order valence-corrected chi connectivity index (χ0v) is 16.3. The molecule has 0 radical (unpaired) electrons. The van der Waals surface area contributed by atoms with Gasteiger partial charge in [-0.2, -0.15) is 0 Å². The van der Waals surface area contributed by atoms with Crippen LogP contribution in [0.1, 0.15) is 55.8 Å². The summed E-state index contributed by atoms with van der Waals surface area (Å²) in [6.45, 7) is 1.71. The van der Waals surface area contributed by atoms with Crippen LogP contribution in [0.2, 0.25) is 0 Å². The second-order valence-corrected chi connectivity index (χ2v) is 8.65. The summed E-state index contributed by atoms with van der Waals surface area (Å²) in [6.07, 6.45) is 6.02. The van der Waals surface area contributed by atoms with Crippen LogP contribution in [0.15, 0.2) is 18.2 Å². The number of benzene rings is 1. The Morgan fingerprint density at radius 2 is 1.59 bits per heavy atom. The summed E-state index contributed by atoms with van der Waals surface area (Å²) < 4.78 is 16.2. The van der Waals surface area contributed by atoms with Crippen LogP contribution < -0.4 is 9.47 Å². The molecule has 1 aromatic carbocycles. The molecule has 1 aromatic rings. The first kappa shape index (κ1) is 18.3. The molecule has 4 fully saturated rings. The van der Waals surface area contributed by atoms with Crippen LogP contribution in [0.3, 0.4) is 0 Å². The number of Topliss-reactive ketones (excluding diaryl/α,β-unsaturated/α-hetero) is 1. The molecule has 4 saturated carbocycles. The van der Waals surface area contributed by atoms with E-state index in [1.165, 1.54) is 33.5 Å². The second-order valence-electron chi connectivity index (χ2n) is 8.65. The van der Waals surface area contributed by atoms with E-state index in [1.54, 1.807) is 25.1 Å². The lowest BCUT2D eigenvalue weighted by atomic mass is 9.48. The molecule has 5 nitrogen and oxygen atoms in total. The monoisotopic (exact) mass is 372 g/mol. The van der Waals surface area contributed by atoms with Crippen molar-refractivity contribution in [2.24, 2.45) is 23.2 Å². The van der Waals surface area contributed by atoms with E-state index >= 15 is 0 Å². The topological polar surface area (TPSA) is 61.8 Å². The molecule has 0 amide bonds. The van der Waals surface area contributed by atoms with Gasteiger partial charge in [0.15, 0.2) is 23.4 Å². The number of methoxy groups -OCH3 is 2. The van der Waals surface area contributed by atoms with Gasteiger partial charge in [0.05, 0.1) is 14.2 Å². The molecule has 5 heteroatoms. The number of para-hydroxylation sites is 1. The van der Waals surface area contributed by atoms with Crippen LogP contribution in [0.4, 0.5) is 0 Å². The third-order valence-electron chi connectivity index (χ3n) is 6.84. The van der Waals surface area contributed by atoms with Crippen molar-refractivity contribution in [1.29, 1.82) is 0 Å². The van der Waals surface area contributed by atoms with E-state index < -0.39 is 12.1 Å². The summed E-state index contributed by atoms with van der Waals surface area (Å²) in [5.41, 5.74) is 0.00872. The molecule has 4 aliphatic rings.